The molecule has 0 aliphatic heterocycles. The fourth-order valence-corrected chi connectivity index (χ4v) is 4.12. The van der Waals surface area contributed by atoms with E-state index < -0.39 is 4.92 Å². The van der Waals surface area contributed by atoms with Gasteiger partial charge in [-0.2, -0.15) is 0 Å². The van der Waals surface area contributed by atoms with E-state index in [4.69, 9.17) is 4.84 Å². The van der Waals surface area contributed by atoms with E-state index in [1.165, 1.54) is 12.1 Å². The zero-order chi connectivity index (χ0) is 22.6. The van der Waals surface area contributed by atoms with Crippen molar-refractivity contribution < 1.29 is 20.0 Å². The molecule has 7 nitrogen and oxygen atoms in total. The number of aliphatic hydroxyl groups excluding tert-OH is 1. The first kappa shape index (κ1) is 22.7. The van der Waals surface area contributed by atoms with Crippen molar-refractivity contribution in [1.82, 2.24) is 0 Å². The Morgan fingerprint density at radius 2 is 1.90 bits per heavy atom. The Kier molecular flexibility index (Phi) is 6.95. The van der Waals surface area contributed by atoms with Crippen LogP contribution in [0.1, 0.15) is 67.7 Å². The van der Waals surface area contributed by atoms with Crippen LogP contribution < -0.4 is 0 Å². The minimum atomic E-state index is -0.438. The summed E-state index contributed by atoms with van der Waals surface area (Å²) in [5.74, 6) is 0.563. The average Bonchev–Trinajstić information content (AvgIpc) is 2.76. The molecule has 1 aliphatic carbocycles. The second-order valence-electron chi connectivity index (χ2n) is 8.84. The fraction of sp³-hybridized carbons (Fsp3) is 0.458. The molecule has 31 heavy (non-hydrogen) atoms. The van der Waals surface area contributed by atoms with Gasteiger partial charge < -0.3 is 15.1 Å². The number of rotatable bonds is 7. The first-order chi connectivity index (χ1) is 14.7. The van der Waals surface area contributed by atoms with E-state index in [-0.39, 0.29) is 30.1 Å². The van der Waals surface area contributed by atoms with Crippen LogP contribution in [0.15, 0.2) is 41.6 Å². The molecule has 0 bridgehead atoms. The predicted octanol–water partition coefficient (Wildman–Crippen LogP) is 5.21. The summed E-state index contributed by atoms with van der Waals surface area (Å²) >= 11 is 0. The Bertz CT molecular complexity index is 961. The molecular weight excluding hydrogens is 396 g/mol. The molecule has 0 amide bonds. The first-order valence-electron chi connectivity index (χ1n) is 10.6. The van der Waals surface area contributed by atoms with Crippen LogP contribution in [0.5, 0.6) is 5.75 Å². The van der Waals surface area contributed by atoms with Crippen LogP contribution in [0.4, 0.5) is 5.69 Å². The first-order valence-corrected chi connectivity index (χ1v) is 10.6. The number of aromatic hydroxyl groups is 1. The van der Waals surface area contributed by atoms with Gasteiger partial charge in [0, 0.05) is 24.3 Å². The maximum absolute atomic E-state index is 10.8. The smallest absolute Gasteiger partial charge is 0.269 e. The fourth-order valence-electron chi connectivity index (χ4n) is 4.12. The van der Waals surface area contributed by atoms with Gasteiger partial charge in [0.2, 0.25) is 0 Å². The van der Waals surface area contributed by atoms with E-state index >= 15 is 0 Å². The molecule has 0 aromatic heterocycles. The Balaban J connectivity index is 1.76. The molecular formula is C24H30N2O5. The van der Waals surface area contributed by atoms with Crippen LogP contribution in [0.2, 0.25) is 0 Å². The van der Waals surface area contributed by atoms with Gasteiger partial charge in [-0.1, -0.05) is 18.1 Å². The van der Waals surface area contributed by atoms with Crippen molar-refractivity contribution in [1.29, 1.82) is 0 Å². The van der Waals surface area contributed by atoms with Crippen molar-refractivity contribution in [2.45, 2.75) is 59.0 Å². The number of phenolic OH excluding ortho intramolecular Hbond substituents is 1. The molecule has 0 spiro atoms. The van der Waals surface area contributed by atoms with Crippen molar-refractivity contribution in [3.8, 4) is 5.75 Å². The summed E-state index contributed by atoms with van der Waals surface area (Å²) in [6, 6.07) is 9.95. The van der Waals surface area contributed by atoms with E-state index in [0.717, 1.165) is 47.9 Å². The molecule has 0 heterocycles. The molecule has 166 valence electrons. The summed E-state index contributed by atoms with van der Waals surface area (Å²) in [4.78, 5) is 15.8. The van der Waals surface area contributed by atoms with Gasteiger partial charge in [-0.3, -0.25) is 10.1 Å². The van der Waals surface area contributed by atoms with Gasteiger partial charge in [-0.15, -0.1) is 0 Å². The number of nitro benzene ring substituents is 1. The lowest BCUT2D eigenvalue weighted by Gasteiger charge is -2.36. The van der Waals surface area contributed by atoms with Crippen LogP contribution >= 0.6 is 0 Å². The maximum Gasteiger partial charge on any atom is 0.269 e. The van der Waals surface area contributed by atoms with Gasteiger partial charge >= 0.3 is 0 Å². The van der Waals surface area contributed by atoms with Gasteiger partial charge in [0.05, 0.1) is 10.6 Å². The van der Waals surface area contributed by atoms with Gasteiger partial charge in [-0.05, 0) is 85.8 Å². The van der Waals surface area contributed by atoms with Crippen molar-refractivity contribution in [2.75, 3.05) is 6.61 Å². The Morgan fingerprint density at radius 1 is 1.26 bits per heavy atom. The number of hydrogen-bond acceptors (Lipinski definition) is 6. The number of non-ortho nitro benzene ring substituents is 1. The van der Waals surface area contributed by atoms with Crippen LogP contribution in [0.25, 0.3) is 0 Å². The number of phenols is 1. The molecule has 0 atom stereocenters. The summed E-state index contributed by atoms with van der Waals surface area (Å²) in [5, 5.41) is 35.0. The average molecular weight is 427 g/mol. The maximum atomic E-state index is 10.8. The summed E-state index contributed by atoms with van der Waals surface area (Å²) < 4.78 is 0. The van der Waals surface area contributed by atoms with E-state index in [0.29, 0.717) is 11.6 Å². The van der Waals surface area contributed by atoms with Crippen molar-refractivity contribution >= 4 is 11.4 Å². The van der Waals surface area contributed by atoms with Crippen molar-refractivity contribution in [3.63, 3.8) is 0 Å². The zero-order valence-corrected chi connectivity index (χ0v) is 18.3. The van der Waals surface area contributed by atoms with E-state index in [2.05, 4.69) is 12.1 Å². The molecule has 2 aromatic rings. The topological polar surface area (TPSA) is 105 Å². The highest BCUT2D eigenvalue weighted by atomic mass is 16.6. The van der Waals surface area contributed by atoms with Crippen LogP contribution in [0.3, 0.4) is 0 Å². The van der Waals surface area contributed by atoms with Gasteiger partial charge in [0.15, 0.2) is 0 Å². The number of aryl methyl sites for hydroxylation is 1. The molecule has 7 heteroatoms. The molecule has 1 fully saturated rings. The number of nitro groups is 1. The number of nitrogens with zero attached hydrogens (tertiary/aromatic N) is 2. The SMILES string of the molecule is CC(=NOCc1ccc([N+](=O)[O-])cc1)c1cc(O)c(C)cc1[C@H]1CC[C@@](C)(CO)CC1. The molecule has 0 radical (unpaired) electrons. The highest BCUT2D eigenvalue weighted by Gasteiger charge is 2.32. The monoisotopic (exact) mass is 426 g/mol. The second kappa shape index (κ2) is 9.47. The number of aliphatic hydroxyl groups is 1. The number of benzene rings is 2. The lowest BCUT2D eigenvalue weighted by Crippen LogP contribution is -2.27. The number of hydrogen-bond donors (Lipinski definition) is 2. The van der Waals surface area contributed by atoms with Crippen LogP contribution in [0, 0.1) is 22.5 Å². The second-order valence-corrected chi connectivity index (χ2v) is 8.84. The van der Waals surface area contributed by atoms with Crippen molar-refractivity contribution in [2.24, 2.45) is 10.6 Å². The minimum Gasteiger partial charge on any atom is -0.508 e. The highest BCUT2D eigenvalue weighted by Crippen LogP contribution is 2.44. The summed E-state index contributed by atoms with van der Waals surface area (Å²) in [6.45, 7) is 6.27. The molecule has 0 unspecified atom stereocenters. The molecule has 2 aromatic carbocycles. The summed E-state index contributed by atoms with van der Waals surface area (Å²) in [5.41, 5.74) is 4.31. The molecule has 1 saturated carbocycles. The Hall–Kier alpha value is -2.93. The lowest BCUT2D eigenvalue weighted by molar-refractivity contribution is -0.384. The minimum absolute atomic E-state index is 0.0143. The lowest BCUT2D eigenvalue weighted by atomic mass is 9.69. The standard InChI is InChI=1S/C24H30N2O5/c1-16-12-22(19-8-10-24(3,15-27)11-9-19)21(13-23(16)28)17(2)25-31-14-18-4-6-20(7-5-18)26(29)30/h4-7,12-13,19,27-28H,8-11,14-15H2,1-3H3/t19-,24+. The number of oxime groups is 1. The third-order valence-corrected chi connectivity index (χ3v) is 6.35. The van der Waals surface area contributed by atoms with Crippen LogP contribution in [-0.2, 0) is 11.4 Å². The molecule has 2 N–H and O–H groups in total. The van der Waals surface area contributed by atoms with E-state index in [1.54, 1.807) is 18.2 Å². The summed E-state index contributed by atoms with van der Waals surface area (Å²) in [6.07, 6.45) is 3.87. The Labute approximate surface area is 182 Å². The third-order valence-electron chi connectivity index (χ3n) is 6.35. The zero-order valence-electron chi connectivity index (χ0n) is 18.3. The molecule has 0 saturated heterocycles. The highest BCUT2D eigenvalue weighted by molar-refractivity contribution is 6.00. The quantitative estimate of drug-likeness (QED) is 0.359. The molecule has 3 rings (SSSR count). The predicted molar refractivity (Wildman–Crippen MR) is 119 cm³/mol. The summed E-state index contributed by atoms with van der Waals surface area (Å²) in [7, 11) is 0. The largest absolute Gasteiger partial charge is 0.508 e. The van der Waals surface area contributed by atoms with Gasteiger partial charge in [0.1, 0.15) is 12.4 Å². The van der Waals surface area contributed by atoms with Crippen LogP contribution in [-0.4, -0.2) is 27.5 Å². The van der Waals surface area contributed by atoms with E-state index in [1.807, 2.05) is 19.9 Å². The van der Waals surface area contributed by atoms with E-state index in [9.17, 15) is 20.3 Å². The van der Waals surface area contributed by atoms with Crippen molar-refractivity contribution in [3.05, 3.63) is 68.8 Å². The Morgan fingerprint density at radius 3 is 2.48 bits per heavy atom. The third kappa shape index (κ3) is 5.41. The van der Waals surface area contributed by atoms with Gasteiger partial charge in [0.25, 0.3) is 5.69 Å². The normalized spacial score (nSPS) is 21.7. The molecule has 1 aliphatic rings. The van der Waals surface area contributed by atoms with Gasteiger partial charge in [-0.25, -0.2) is 0 Å².